The number of carbonyl (C=O) groups excluding carboxylic acids is 1. The number of ether oxygens (including phenoxy) is 1. The lowest BCUT2D eigenvalue weighted by Gasteiger charge is -2.09. The van der Waals surface area contributed by atoms with Crippen LogP contribution >= 0.6 is 27.3 Å². The first-order chi connectivity index (χ1) is 10.1. The van der Waals surface area contributed by atoms with Crippen molar-refractivity contribution in [1.29, 1.82) is 0 Å². The second-order valence-corrected chi connectivity index (χ2v) is 5.98. The average molecular weight is 370 g/mol. The molecule has 0 saturated carbocycles. The Morgan fingerprint density at radius 2 is 2.14 bits per heavy atom. The van der Waals surface area contributed by atoms with Gasteiger partial charge in [-0.2, -0.15) is 0 Å². The van der Waals surface area contributed by atoms with Crippen molar-refractivity contribution in [2.24, 2.45) is 0 Å². The minimum atomic E-state index is -1.02. The Hall–Kier alpha value is -1.86. The summed E-state index contributed by atoms with van der Waals surface area (Å²) >= 11 is 4.79. The van der Waals surface area contributed by atoms with Crippen LogP contribution in [0, 0.1) is 0 Å². The van der Waals surface area contributed by atoms with Crippen molar-refractivity contribution in [3.63, 3.8) is 0 Å². The maximum absolute atomic E-state index is 11.7. The summed E-state index contributed by atoms with van der Waals surface area (Å²) < 4.78 is 5.85. The number of thiophene rings is 1. The zero-order chi connectivity index (χ0) is 15.2. The first-order valence-corrected chi connectivity index (χ1v) is 7.68. The summed E-state index contributed by atoms with van der Waals surface area (Å²) in [6, 6.07) is 8.23. The molecule has 1 aromatic heterocycles. The van der Waals surface area contributed by atoms with Gasteiger partial charge in [-0.15, -0.1) is 11.3 Å². The molecule has 0 unspecified atom stereocenters. The Kier molecular flexibility index (Phi) is 5.35. The fourth-order valence-corrected chi connectivity index (χ4v) is 2.68. The van der Waals surface area contributed by atoms with Gasteiger partial charge >= 0.3 is 5.97 Å². The molecule has 0 radical (unpaired) electrons. The topological polar surface area (TPSA) is 75.6 Å². The van der Waals surface area contributed by atoms with Gasteiger partial charge in [0.15, 0.2) is 6.61 Å². The third-order valence-electron chi connectivity index (χ3n) is 2.58. The summed E-state index contributed by atoms with van der Waals surface area (Å²) in [5, 5.41) is 13.5. The molecular formula is C14H12BrNO4S. The molecule has 7 heteroatoms. The Morgan fingerprint density at radius 3 is 2.76 bits per heavy atom. The van der Waals surface area contributed by atoms with Crippen LogP contribution in [0.5, 0.6) is 5.75 Å². The SMILES string of the molecule is O=C(COc1ccc(C(=O)O)cc1Br)NCc1cccs1. The maximum atomic E-state index is 11.7. The van der Waals surface area contributed by atoms with Crippen molar-refractivity contribution in [2.45, 2.75) is 6.54 Å². The first kappa shape index (κ1) is 15.5. The fourth-order valence-electron chi connectivity index (χ4n) is 1.54. The lowest BCUT2D eigenvalue weighted by atomic mass is 10.2. The quantitative estimate of drug-likeness (QED) is 0.820. The molecule has 21 heavy (non-hydrogen) atoms. The van der Waals surface area contributed by atoms with Crippen molar-refractivity contribution in [3.05, 3.63) is 50.6 Å². The van der Waals surface area contributed by atoms with Crippen LogP contribution in [0.3, 0.4) is 0 Å². The van der Waals surface area contributed by atoms with E-state index in [2.05, 4.69) is 21.2 Å². The standard InChI is InChI=1S/C14H12BrNO4S/c15-11-6-9(14(18)19)3-4-12(11)20-8-13(17)16-7-10-2-1-5-21-10/h1-6H,7-8H2,(H,16,17)(H,18,19). The molecule has 0 spiro atoms. The monoisotopic (exact) mass is 369 g/mol. The maximum Gasteiger partial charge on any atom is 0.335 e. The number of aromatic carboxylic acids is 1. The highest BCUT2D eigenvalue weighted by Gasteiger charge is 2.09. The largest absolute Gasteiger partial charge is 0.483 e. The van der Waals surface area contributed by atoms with Gasteiger partial charge in [0.2, 0.25) is 0 Å². The van der Waals surface area contributed by atoms with Crippen LogP contribution in [0.1, 0.15) is 15.2 Å². The van der Waals surface area contributed by atoms with Crippen molar-refractivity contribution in [1.82, 2.24) is 5.32 Å². The zero-order valence-corrected chi connectivity index (χ0v) is 13.2. The van der Waals surface area contributed by atoms with Gasteiger partial charge in [0.25, 0.3) is 5.91 Å². The third-order valence-corrected chi connectivity index (χ3v) is 4.07. The molecule has 0 fully saturated rings. The van der Waals surface area contributed by atoms with E-state index >= 15 is 0 Å². The Labute approximate surface area is 133 Å². The highest BCUT2D eigenvalue weighted by molar-refractivity contribution is 9.10. The normalized spacial score (nSPS) is 10.1. The molecule has 110 valence electrons. The second kappa shape index (κ2) is 7.24. The summed E-state index contributed by atoms with van der Waals surface area (Å²) in [6.45, 7) is 0.343. The van der Waals surface area contributed by atoms with Crippen LogP contribution in [-0.2, 0) is 11.3 Å². The molecule has 2 N–H and O–H groups in total. The van der Waals surface area contributed by atoms with Crippen molar-refractivity contribution >= 4 is 39.1 Å². The van der Waals surface area contributed by atoms with Crippen LogP contribution in [0.15, 0.2) is 40.2 Å². The van der Waals surface area contributed by atoms with E-state index in [4.69, 9.17) is 9.84 Å². The Morgan fingerprint density at radius 1 is 1.33 bits per heavy atom. The van der Waals surface area contributed by atoms with Crippen molar-refractivity contribution in [3.8, 4) is 5.75 Å². The van der Waals surface area contributed by atoms with Gasteiger partial charge in [-0.1, -0.05) is 6.07 Å². The molecule has 2 rings (SSSR count). The summed E-state index contributed by atoms with van der Waals surface area (Å²) in [4.78, 5) is 23.5. The number of amides is 1. The van der Waals surface area contributed by atoms with Crippen molar-refractivity contribution < 1.29 is 19.4 Å². The smallest absolute Gasteiger partial charge is 0.335 e. The molecule has 0 aliphatic carbocycles. The second-order valence-electron chi connectivity index (χ2n) is 4.10. The summed E-state index contributed by atoms with van der Waals surface area (Å²) in [6.07, 6.45) is 0. The third kappa shape index (κ3) is 4.57. The van der Waals surface area contributed by atoms with Gasteiger partial charge in [-0.05, 0) is 45.6 Å². The predicted molar refractivity (Wildman–Crippen MR) is 82.8 cm³/mol. The molecule has 1 aromatic carbocycles. The Bertz CT molecular complexity index is 642. The van der Waals surface area contributed by atoms with Crippen LogP contribution in [0.4, 0.5) is 0 Å². The number of benzene rings is 1. The summed E-state index contributed by atoms with van der Waals surface area (Å²) in [5.74, 6) is -0.833. The lowest BCUT2D eigenvalue weighted by Crippen LogP contribution is -2.28. The van der Waals surface area contributed by atoms with Crippen LogP contribution in [0.25, 0.3) is 0 Å². The number of nitrogens with one attached hydrogen (secondary N) is 1. The van der Waals surface area contributed by atoms with E-state index in [1.807, 2.05) is 17.5 Å². The number of halogens is 1. The molecule has 0 aliphatic heterocycles. The number of hydrogen-bond acceptors (Lipinski definition) is 4. The fraction of sp³-hybridized carbons (Fsp3) is 0.143. The van der Waals surface area contributed by atoms with E-state index in [9.17, 15) is 9.59 Å². The Balaban J connectivity index is 1.85. The van der Waals surface area contributed by atoms with Gasteiger partial charge in [-0.3, -0.25) is 4.79 Å². The van der Waals surface area contributed by atoms with Crippen LogP contribution in [0.2, 0.25) is 0 Å². The highest BCUT2D eigenvalue weighted by atomic mass is 79.9. The molecule has 1 heterocycles. The molecule has 1 amide bonds. The van der Waals surface area contributed by atoms with Gasteiger partial charge in [0, 0.05) is 4.88 Å². The molecule has 5 nitrogen and oxygen atoms in total. The average Bonchev–Trinajstić information content (AvgIpc) is 2.97. The van der Waals surface area contributed by atoms with Crippen molar-refractivity contribution in [2.75, 3.05) is 6.61 Å². The first-order valence-electron chi connectivity index (χ1n) is 6.01. The van der Waals surface area contributed by atoms with E-state index < -0.39 is 5.97 Å². The molecule has 0 atom stereocenters. The zero-order valence-electron chi connectivity index (χ0n) is 10.8. The number of carbonyl (C=O) groups is 2. The van der Waals surface area contributed by atoms with E-state index in [-0.39, 0.29) is 18.1 Å². The van der Waals surface area contributed by atoms with E-state index in [0.717, 1.165) is 4.88 Å². The number of carboxylic acids is 1. The predicted octanol–water partition coefficient (Wildman–Crippen LogP) is 2.90. The molecule has 0 aliphatic rings. The molecule has 2 aromatic rings. The lowest BCUT2D eigenvalue weighted by molar-refractivity contribution is -0.123. The molecule has 0 saturated heterocycles. The van der Waals surface area contributed by atoms with E-state index in [1.165, 1.54) is 18.2 Å². The summed E-state index contributed by atoms with van der Waals surface area (Å²) in [5.41, 5.74) is 0.149. The van der Waals surface area contributed by atoms with Crippen LogP contribution in [-0.4, -0.2) is 23.6 Å². The van der Waals surface area contributed by atoms with E-state index in [1.54, 1.807) is 11.3 Å². The number of hydrogen-bond donors (Lipinski definition) is 2. The van der Waals surface area contributed by atoms with Gasteiger partial charge < -0.3 is 15.2 Å². The highest BCUT2D eigenvalue weighted by Crippen LogP contribution is 2.25. The van der Waals surface area contributed by atoms with E-state index in [0.29, 0.717) is 16.8 Å². The molecule has 0 bridgehead atoms. The van der Waals surface area contributed by atoms with Gasteiger partial charge in [0.05, 0.1) is 16.6 Å². The van der Waals surface area contributed by atoms with Gasteiger partial charge in [-0.25, -0.2) is 4.79 Å². The minimum Gasteiger partial charge on any atom is -0.483 e. The minimum absolute atomic E-state index is 0.129. The number of carboxylic acid groups (broad SMARTS) is 1. The van der Waals surface area contributed by atoms with Crippen LogP contribution < -0.4 is 10.1 Å². The van der Waals surface area contributed by atoms with Gasteiger partial charge in [0.1, 0.15) is 5.75 Å². The summed E-state index contributed by atoms with van der Waals surface area (Å²) in [7, 11) is 0. The number of rotatable bonds is 6. The molecular weight excluding hydrogens is 358 g/mol.